The van der Waals surface area contributed by atoms with Crippen molar-refractivity contribution in [2.75, 3.05) is 6.61 Å². The van der Waals surface area contributed by atoms with E-state index in [9.17, 15) is 13.2 Å². The Balaban J connectivity index is 2.04. The molecular formula is C16H15BrN2O4S. The summed E-state index contributed by atoms with van der Waals surface area (Å²) in [6.45, 7) is 2.46. The molecule has 2 aromatic rings. The standard InChI is InChI=1S/C16H15BrN2O4S/c1-2-23-14-6-3-12(4-7-14)5-8-16(20)19-24(21,22)15-9-13(17)10-18-11-15/h3-11H,2H2,1H3,(H,19,20)/b8-5-. The molecule has 126 valence electrons. The number of rotatable bonds is 6. The van der Waals surface area contributed by atoms with Gasteiger partial charge in [-0.1, -0.05) is 12.1 Å². The Kier molecular flexibility index (Phi) is 6.10. The second-order valence-electron chi connectivity index (χ2n) is 4.64. The third-order valence-electron chi connectivity index (χ3n) is 2.84. The first-order valence-corrected chi connectivity index (χ1v) is 9.26. The van der Waals surface area contributed by atoms with E-state index in [1.54, 1.807) is 24.3 Å². The monoisotopic (exact) mass is 410 g/mol. The molecule has 0 radical (unpaired) electrons. The van der Waals surface area contributed by atoms with Crippen LogP contribution in [0.3, 0.4) is 0 Å². The molecule has 0 spiro atoms. The van der Waals surface area contributed by atoms with E-state index in [4.69, 9.17) is 4.74 Å². The van der Waals surface area contributed by atoms with E-state index in [2.05, 4.69) is 20.9 Å². The summed E-state index contributed by atoms with van der Waals surface area (Å²) in [5.41, 5.74) is 0.745. The first-order chi connectivity index (χ1) is 11.4. The van der Waals surface area contributed by atoms with Crippen molar-refractivity contribution in [2.24, 2.45) is 0 Å². The third-order valence-corrected chi connectivity index (χ3v) is 4.59. The van der Waals surface area contributed by atoms with Gasteiger partial charge in [-0.15, -0.1) is 0 Å². The first kappa shape index (κ1) is 18.2. The van der Waals surface area contributed by atoms with Crippen molar-refractivity contribution in [2.45, 2.75) is 11.8 Å². The lowest BCUT2D eigenvalue weighted by Crippen LogP contribution is -2.29. The highest BCUT2D eigenvalue weighted by molar-refractivity contribution is 9.10. The molecule has 0 aliphatic carbocycles. The van der Waals surface area contributed by atoms with Gasteiger partial charge in [0.25, 0.3) is 15.9 Å². The highest BCUT2D eigenvalue weighted by atomic mass is 79.9. The molecular weight excluding hydrogens is 396 g/mol. The number of nitrogens with zero attached hydrogens (tertiary/aromatic N) is 1. The summed E-state index contributed by atoms with van der Waals surface area (Å²) < 4.78 is 31.9. The number of hydrogen-bond donors (Lipinski definition) is 1. The van der Waals surface area contributed by atoms with Gasteiger partial charge in [0.1, 0.15) is 10.6 Å². The van der Waals surface area contributed by atoms with Gasteiger partial charge in [0.2, 0.25) is 0 Å². The van der Waals surface area contributed by atoms with Crippen LogP contribution in [0.1, 0.15) is 12.5 Å². The van der Waals surface area contributed by atoms with E-state index in [-0.39, 0.29) is 4.90 Å². The average molecular weight is 411 g/mol. The summed E-state index contributed by atoms with van der Waals surface area (Å²) in [5, 5.41) is 0. The number of ether oxygens (including phenoxy) is 1. The number of aromatic nitrogens is 1. The molecule has 1 heterocycles. The number of amides is 1. The van der Waals surface area contributed by atoms with Gasteiger partial charge in [-0.3, -0.25) is 9.78 Å². The van der Waals surface area contributed by atoms with Crippen molar-refractivity contribution in [1.82, 2.24) is 9.71 Å². The number of nitrogens with one attached hydrogen (secondary N) is 1. The van der Waals surface area contributed by atoms with Crippen molar-refractivity contribution in [3.8, 4) is 5.75 Å². The van der Waals surface area contributed by atoms with Gasteiger partial charge in [0.15, 0.2) is 0 Å². The molecule has 0 unspecified atom stereocenters. The normalized spacial score (nSPS) is 11.4. The fourth-order valence-corrected chi connectivity index (χ4v) is 3.23. The molecule has 0 atom stereocenters. The van der Waals surface area contributed by atoms with Gasteiger partial charge >= 0.3 is 0 Å². The maximum Gasteiger partial charge on any atom is 0.265 e. The van der Waals surface area contributed by atoms with E-state index >= 15 is 0 Å². The lowest BCUT2D eigenvalue weighted by Gasteiger charge is -2.05. The van der Waals surface area contributed by atoms with Gasteiger partial charge in [-0.05, 0) is 52.7 Å². The molecule has 0 bridgehead atoms. The largest absolute Gasteiger partial charge is 0.494 e. The van der Waals surface area contributed by atoms with Crippen LogP contribution in [-0.2, 0) is 14.8 Å². The molecule has 0 saturated heterocycles. The van der Waals surface area contributed by atoms with Crippen LogP contribution in [-0.4, -0.2) is 25.9 Å². The van der Waals surface area contributed by atoms with Crippen LogP contribution in [0.25, 0.3) is 6.08 Å². The second-order valence-corrected chi connectivity index (χ2v) is 7.24. The van der Waals surface area contributed by atoms with Crippen molar-refractivity contribution >= 4 is 37.9 Å². The molecule has 2 rings (SSSR count). The Bertz CT molecular complexity index is 849. The Morgan fingerprint density at radius 3 is 2.62 bits per heavy atom. The van der Waals surface area contributed by atoms with E-state index in [0.29, 0.717) is 11.1 Å². The highest BCUT2D eigenvalue weighted by Gasteiger charge is 2.16. The molecule has 0 saturated carbocycles. The number of hydrogen-bond acceptors (Lipinski definition) is 5. The Labute approximate surface area is 148 Å². The third kappa shape index (κ3) is 5.17. The van der Waals surface area contributed by atoms with Crippen LogP contribution in [0, 0.1) is 0 Å². The second kappa shape index (κ2) is 8.07. The van der Waals surface area contributed by atoms with E-state index in [0.717, 1.165) is 23.6 Å². The van der Waals surface area contributed by atoms with E-state index in [1.807, 2.05) is 11.6 Å². The van der Waals surface area contributed by atoms with Crippen LogP contribution in [0.15, 0.2) is 58.2 Å². The molecule has 1 amide bonds. The Hall–Kier alpha value is -2.19. The minimum absolute atomic E-state index is 0.0975. The van der Waals surface area contributed by atoms with Crippen LogP contribution in [0.2, 0.25) is 0 Å². The zero-order valence-corrected chi connectivity index (χ0v) is 15.2. The summed E-state index contributed by atoms with van der Waals surface area (Å²) in [5.74, 6) is -0.0207. The van der Waals surface area contributed by atoms with Crippen LogP contribution < -0.4 is 9.46 Å². The summed E-state index contributed by atoms with van der Waals surface area (Å²) in [6, 6.07) is 8.43. The van der Waals surface area contributed by atoms with E-state index in [1.165, 1.54) is 18.3 Å². The Morgan fingerprint density at radius 1 is 1.29 bits per heavy atom. The predicted molar refractivity (Wildman–Crippen MR) is 93.9 cm³/mol. The molecule has 24 heavy (non-hydrogen) atoms. The van der Waals surface area contributed by atoms with Gasteiger partial charge in [0.05, 0.1) is 6.61 Å². The summed E-state index contributed by atoms with van der Waals surface area (Å²) >= 11 is 3.14. The van der Waals surface area contributed by atoms with Crippen molar-refractivity contribution < 1.29 is 17.9 Å². The van der Waals surface area contributed by atoms with E-state index < -0.39 is 15.9 Å². The number of halogens is 1. The molecule has 1 aromatic heterocycles. The number of carbonyl (C=O) groups is 1. The number of carbonyl (C=O) groups excluding carboxylic acids is 1. The number of benzene rings is 1. The quantitative estimate of drug-likeness (QED) is 0.739. The zero-order valence-electron chi connectivity index (χ0n) is 12.8. The maximum absolute atomic E-state index is 12.1. The minimum Gasteiger partial charge on any atom is -0.494 e. The van der Waals surface area contributed by atoms with Gasteiger partial charge < -0.3 is 4.74 Å². The van der Waals surface area contributed by atoms with Crippen LogP contribution >= 0.6 is 15.9 Å². The minimum atomic E-state index is -3.96. The van der Waals surface area contributed by atoms with Crippen molar-refractivity contribution in [3.63, 3.8) is 0 Å². The summed E-state index contributed by atoms with van der Waals surface area (Å²) in [4.78, 5) is 15.5. The first-order valence-electron chi connectivity index (χ1n) is 6.99. The fraction of sp³-hybridized carbons (Fsp3) is 0.125. The number of pyridine rings is 1. The topological polar surface area (TPSA) is 85.4 Å². The molecule has 0 aliphatic heterocycles. The molecule has 8 heteroatoms. The molecule has 1 N–H and O–H groups in total. The summed E-state index contributed by atoms with van der Waals surface area (Å²) in [6.07, 6.45) is 5.28. The SMILES string of the molecule is CCOc1ccc(/C=C\C(=O)NS(=O)(=O)c2cncc(Br)c2)cc1. The molecule has 0 aliphatic rings. The van der Waals surface area contributed by atoms with Crippen LogP contribution in [0.4, 0.5) is 0 Å². The predicted octanol–water partition coefficient (Wildman–Crippen LogP) is 2.76. The lowest BCUT2D eigenvalue weighted by molar-refractivity contribution is -0.114. The highest BCUT2D eigenvalue weighted by Crippen LogP contribution is 2.15. The van der Waals surface area contributed by atoms with Crippen LogP contribution in [0.5, 0.6) is 5.75 Å². The van der Waals surface area contributed by atoms with Crippen molar-refractivity contribution in [1.29, 1.82) is 0 Å². The van der Waals surface area contributed by atoms with Gasteiger partial charge in [-0.25, -0.2) is 13.1 Å². The molecule has 6 nitrogen and oxygen atoms in total. The smallest absolute Gasteiger partial charge is 0.265 e. The molecule has 0 fully saturated rings. The van der Waals surface area contributed by atoms with Crippen molar-refractivity contribution in [3.05, 3.63) is 58.8 Å². The maximum atomic E-state index is 12.1. The number of sulfonamides is 1. The average Bonchev–Trinajstić information content (AvgIpc) is 2.54. The van der Waals surface area contributed by atoms with Gasteiger partial charge in [-0.2, -0.15) is 0 Å². The molecule has 1 aromatic carbocycles. The lowest BCUT2D eigenvalue weighted by atomic mass is 10.2. The summed E-state index contributed by atoms with van der Waals surface area (Å²) in [7, 11) is -3.96. The Morgan fingerprint density at radius 2 is 2.00 bits per heavy atom. The zero-order chi connectivity index (χ0) is 17.6. The van der Waals surface area contributed by atoms with Gasteiger partial charge in [0, 0.05) is 22.9 Å². The fourth-order valence-electron chi connectivity index (χ4n) is 1.78.